The van der Waals surface area contributed by atoms with E-state index in [0.717, 1.165) is 11.1 Å². The van der Waals surface area contributed by atoms with Crippen molar-refractivity contribution in [2.24, 2.45) is 0 Å². The topological polar surface area (TPSA) is 149 Å². The van der Waals surface area contributed by atoms with Crippen molar-refractivity contribution in [3.63, 3.8) is 0 Å². The maximum Gasteiger partial charge on any atom is 0.364 e. The second kappa shape index (κ2) is 6.60. The third-order valence-corrected chi connectivity index (χ3v) is 4.46. The number of carbonyl (C=O) groups excluding carboxylic acids is 5. The van der Waals surface area contributed by atoms with Crippen molar-refractivity contribution in [1.29, 1.82) is 0 Å². The van der Waals surface area contributed by atoms with E-state index in [1.165, 1.54) is 12.1 Å². The lowest BCUT2D eigenvalue weighted by atomic mass is 10.1. The Morgan fingerprint density at radius 3 is 2.18 bits per heavy atom. The van der Waals surface area contributed by atoms with Crippen molar-refractivity contribution in [1.82, 2.24) is 10.1 Å². The summed E-state index contributed by atoms with van der Waals surface area (Å²) in [6.45, 7) is 0. The third kappa shape index (κ3) is 3.27. The summed E-state index contributed by atoms with van der Waals surface area (Å²) >= 11 is 0. The molecule has 11 nitrogen and oxygen atoms in total. The summed E-state index contributed by atoms with van der Waals surface area (Å²) in [6.07, 6.45) is -0.0698. The van der Waals surface area contributed by atoms with Gasteiger partial charge in [-0.2, -0.15) is 0 Å². The van der Waals surface area contributed by atoms with Crippen LogP contribution in [0.4, 0.5) is 5.69 Å². The molecule has 0 bridgehead atoms. The quantitative estimate of drug-likeness (QED) is 0.423. The number of ether oxygens (including phenoxy) is 1. The molecule has 0 saturated carbocycles. The maximum absolute atomic E-state index is 12.4. The van der Waals surface area contributed by atoms with Gasteiger partial charge in [0, 0.05) is 24.9 Å². The molecule has 0 spiro atoms. The number of nitrogen functional groups attached to an aromatic ring is 1. The smallest absolute Gasteiger partial charge is 0.364 e. The fourth-order valence-electron chi connectivity index (χ4n) is 2.99. The zero-order valence-electron chi connectivity index (χ0n) is 14.5. The molecule has 1 aromatic carbocycles. The van der Waals surface area contributed by atoms with E-state index in [-0.39, 0.29) is 48.1 Å². The molecule has 2 N–H and O–H groups in total. The van der Waals surface area contributed by atoms with E-state index in [9.17, 15) is 24.0 Å². The molecule has 3 aliphatic heterocycles. The van der Waals surface area contributed by atoms with Crippen molar-refractivity contribution < 1.29 is 38.4 Å². The lowest BCUT2D eigenvalue weighted by Crippen LogP contribution is -2.40. The highest BCUT2D eigenvalue weighted by Gasteiger charge is 2.52. The van der Waals surface area contributed by atoms with Gasteiger partial charge in [-0.15, -0.1) is 10.1 Å². The number of nitrogens with two attached hydrogens (primary N) is 1. The van der Waals surface area contributed by atoms with Gasteiger partial charge in [0.05, 0.1) is 11.1 Å². The zero-order chi connectivity index (χ0) is 20.0. The predicted molar refractivity (Wildman–Crippen MR) is 87.5 cm³/mol. The molecule has 11 heteroatoms. The second-order valence-electron chi connectivity index (χ2n) is 6.51. The van der Waals surface area contributed by atoms with Crippen molar-refractivity contribution in [2.75, 3.05) is 5.73 Å². The lowest BCUT2D eigenvalue weighted by Gasteiger charge is -2.21. The van der Waals surface area contributed by atoms with E-state index >= 15 is 0 Å². The first-order chi connectivity index (χ1) is 13.3. The highest BCUT2D eigenvalue weighted by Crippen LogP contribution is 2.35. The van der Waals surface area contributed by atoms with Crippen LogP contribution in [0.2, 0.25) is 0 Å². The maximum atomic E-state index is 12.4. The van der Waals surface area contributed by atoms with E-state index in [1.54, 1.807) is 0 Å². The second-order valence-corrected chi connectivity index (χ2v) is 6.51. The Bertz CT molecular complexity index is 898. The molecule has 146 valence electrons. The fourth-order valence-corrected chi connectivity index (χ4v) is 2.99. The molecule has 3 aliphatic rings. The normalized spacial score (nSPS) is 23.5. The molecule has 2 atom stereocenters. The van der Waals surface area contributed by atoms with E-state index in [1.807, 2.05) is 0 Å². The fraction of sp³-hybridized carbons (Fsp3) is 0.353. The summed E-state index contributed by atoms with van der Waals surface area (Å²) in [7, 11) is 0. The summed E-state index contributed by atoms with van der Waals surface area (Å²) in [5.74, 6) is -3.61. The zero-order valence-corrected chi connectivity index (χ0v) is 14.5. The van der Waals surface area contributed by atoms with Gasteiger partial charge in [-0.3, -0.25) is 14.4 Å². The van der Waals surface area contributed by atoms with Gasteiger partial charge >= 0.3 is 11.9 Å². The van der Waals surface area contributed by atoms with Crippen LogP contribution in [0.1, 0.15) is 46.4 Å². The number of fused-ring (bicyclic) bond motifs is 1. The van der Waals surface area contributed by atoms with Gasteiger partial charge in [0.1, 0.15) is 6.10 Å². The van der Waals surface area contributed by atoms with Gasteiger partial charge in [0.25, 0.3) is 17.7 Å². The average molecular weight is 389 g/mol. The molecule has 1 aromatic rings. The average Bonchev–Trinajstić information content (AvgIpc) is 3.39. The number of carbonyl (C=O) groups is 5. The van der Waals surface area contributed by atoms with Crippen LogP contribution in [0.25, 0.3) is 0 Å². The molecule has 28 heavy (non-hydrogen) atoms. The molecule has 3 saturated heterocycles. The molecule has 3 fully saturated rings. The summed E-state index contributed by atoms with van der Waals surface area (Å²) in [5, 5.41) is 1.26. The number of nitrogens with zero attached hydrogens (tertiary/aromatic N) is 2. The standard InChI is InChI=1S/C17H15N3O8/c18-10-6-8(16(24)27-19-12(21)3-4-13(19)22)5-9(7-10)17(25)28-20-14(23)2-1-11-15(20)26-11/h5-7,11,15H,1-4,18H2. The number of imide groups is 1. The monoisotopic (exact) mass is 389 g/mol. The Kier molecular flexibility index (Phi) is 4.23. The van der Waals surface area contributed by atoms with Crippen LogP contribution < -0.4 is 5.73 Å². The van der Waals surface area contributed by atoms with Crippen LogP contribution in [0.15, 0.2) is 18.2 Å². The van der Waals surface area contributed by atoms with E-state index in [2.05, 4.69) is 0 Å². The number of hydroxylamine groups is 4. The molecular weight excluding hydrogens is 374 g/mol. The molecule has 0 aromatic heterocycles. The number of rotatable bonds is 4. The Hall–Kier alpha value is -3.47. The largest absolute Gasteiger partial charge is 0.399 e. The van der Waals surface area contributed by atoms with Crippen molar-refractivity contribution in [3.8, 4) is 0 Å². The Morgan fingerprint density at radius 2 is 1.54 bits per heavy atom. The van der Waals surface area contributed by atoms with Gasteiger partial charge in [-0.25, -0.2) is 9.59 Å². The van der Waals surface area contributed by atoms with Crippen molar-refractivity contribution in [2.45, 2.75) is 38.0 Å². The molecule has 0 radical (unpaired) electrons. The molecule has 0 aliphatic carbocycles. The van der Waals surface area contributed by atoms with Gasteiger partial charge in [0.15, 0.2) is 6.23 Å². The minimum Gasteiger partial charge on any atom is -0.399 e. The Labute approximate surface area is 157 Å². The number of hydrogen-bond donors (Lipinski definition) is 1. The summed E-state index contributed by atoms with van der Waals surface area (Å²) in [4.78, 5) is 69.6. The van der Waals surface area contributed by atoms with Crippen molar-refractivity contribution >= 4 is 35.3 Å². The number of epoxide rings is 1. The Morgan fingerprint density at radius 1 is 0.929 bits per heavy atom. The van der Waals surface area contributed by atoms with Gasteiger partial charge in [-0.05, 0) is 24.6 Å². The molecule has 3 amide bonds. The van der Waals surface area contributed by atoms with Crippen LogP contribution in [0.5, 0.6) is 0 Å². The highest BCUT2D eigenvalue weighted by molar-refractivity contribution is 6.03. The van der Waals surface area contributed by atoms with Crippen LogP contribution in [0.3, 0.4) is 0 Å². The number of amides is 3. The summed E-state index contributed by atoms with van der Waals surface area (Å²) < 4.78 is 5.24. The van der Waals surface area contributed by atoms with Gasteiger partial charge in [-0.1, -0.05) is 0 Å². The number of piperidine rings is 1. The molecule has 4 rings (SSSR count). The highest BCUT2D eigenvalue weighted by atomic mass is 16.8. The van der Waals surface area contributed by atoms with Crippen LogP contribution in [-0.2, 0) is 28.8 Å². The predicted octanol–water partition coefficient (Wildman–Crippen LogP) is -0.0913. The first-order valence-corrected chi connectivity index (χ1v) is 8.52. The number of anilines is 1. The minimum absolute atomic E-state index is 0.0469. The van der Waals surface area contributed by atoms with Crippen LogP contribution >= 0.6 is 0 Å². The van der Waals surface area contributed by atoms with E-state index in [4.69, 9.17) is 20.1 Å². The van der Waals surface area contributed by atoms with Gasteiger partial charge in [0.2, 0.25) is 0 Å². The van der Waals surface area contributed by atoms with E-state index in [0.29, 0.717) is 11.5 Å². The molecular formula is C17H15N3O8. The molecule has 3 heterocycles. The van der Waals surface area contributed by atoms with Gasteiger partial charge < -0.3 is 20.1 Å². The Balaban J connectivity index is 1.49. The van der Waals surface area contributed by atoms with Crippen molar-refractivity contribution in [3.05, 3.63) is 29.3 Å². The summed E-state index contributed by atoms with van der Waals surface area (Å²) in [5.41, 5.74) is 5.50. The molecule has 2 unspecified atom stereocenters. The van der Waals surface area contributed by atoms with E-state index < -0.39 is 30.0 Å². The number of benzene rings is 1. The lowest BCUT2D eigenvalue weighted by molar-refractivity contribution is -0.178. The SMILES string of the molecule is Nc1cc(C(=O)ON2C(=O)CCC2=O)cc(C(=O)ON2C(=O)CCC3OC32)c1. The first-order valence-electron chi connectivity index (χ1n) is 8.52. The number of hydrogen-bond acceptors (Lipinski definition) is 9. The van der Waals surface area contributed by atoms with Crippen LogP contribution in [0, 0.1) is 0 Å². The van der Waals surface area contributed by atoms with Crippen LogP contribution in [-0.4, -0.2) is 52.1 Å². The third-order valence-electron chi connectivity index (χ3n) is 4.46. The summed E-state index contributed by atoms with van der Waals surface area (Å²) in [6, 6.07) is 3.60. The first kappa shape index (κ1) is 17.9. The minimum atomic E-state index is -1.04.